The highest BCUT2D eigenvalue weighted by atomic mass is 19.4. The summed E-state index contributed by atoms with van der Waals surface area (Å²) in [7, 11) is 0. The van der Waals surface area contributed by atoms with Crippen molar-refractivity contribution in [2.75, 3.05) is 26.3 Å². The van der Waals surface area contributed by atoms with Gasteiger partial charge in [-0.3, -0.25) is 4.90 Å². The number of ether oxygens (including phenoxy) is 2. The van der Waals surface area contributed by atoms with Gasteiger partial charge in [0.2, 0.25) is 0 Å². The van der Waals surface area contributed by atoms with Gasteiger partial charge in [0, 0.05) is 24.9 Å². The van der Waals surface area contributed by atoms with Crippen LogP contribution < -0.4 is 5.73 Å². The fourth-order valence-corrected chi connectivity index (χ4v) is 3.00. The molecule has 0 aromatic heterocycles. The lowest BCUT2D eigenvalue weighted by Gasteiger charge is -2.44. The van der Waals surface area contributed by atoms with Crippen LogP contribution in [0.15, 0.2) is 0 Å². The third-order valence-electron chi connectivity index (χ3n) is 3.94. The monoisotopic (exact) mass is 282 g/mol. The summed E-state index contributed by atoms with van der Waals surface area (Å²) in [6, 6.07) is -0.612. The van der Waals surface area contributed by atoms with E-state index in [0.29, 0.717) is 39.0 Å². The van der Waals surface area contributed by atoms with E-state index in [2.05, 4.69) is 0 Å². The van der Waals surface area contributed by atoms with Crippen LogP contribution in [0.3, 0.4) is 0 Å². The second-order valence-corrected chi connectivity index (χ2v) is 5.26. The van der Waals surface area contributed by atoms with Crippen molar-refractivity contribution in [2.24, 2.45) is 5.73 Å². The lowest BCUT2D eigenvalue weighted by atomic mass is 9.85. The van der Waals surface area contributed by atoms with E-state index in [1.807, 2.05) is 0 Å². The largest absolute Gasteiger partial charge is 0.401 e. The number of likely N-dealkylation sites (N-methyl/N-ethyl adjacent to an activating group) is 1. The first-order valence-electron chi connectivity index (χ1n) is 6.69. The number of alkyl halides is 3. The molecule has 1 aliphatic carbocycles. The van der Waals surface area contributed by atoms with E-state index >= 15 is 0 Å². The topological polar surface area (TPSA) is 47.7 Å². The van der Waals surface area contributed by atoms with Gasteiger partial charge in [-0.2, -0.15) is 13.2 Å². The maximum Gasteiger partial charge on any atom is 0.401 e. The van der Waals surface area contributed by atoms with Crippen LogP contribution in [0.4, 0.5) is 13.2 Å². The molecule has 0 amide bonds. The van der Waals surface area contributed by atoms with E-state index in [0.717, 1.165) is 0 Å². The van der Waals surface area contributed by atoms with Crippen molar-refractivity contribution in [3.8, 4) is 0 Å². The quantitative estimate of drug-likeness (QED) is 0.852. The Labute approximate surface area is 111 Å². The van der Waals surface area contributed by atoms with E-state index in [4.69, 9.17) is 15.2 Å². The molecular formula is C12H21F3N2O2. The second kappa shape index (κ2) is 5.55. The average molecular weight is 282 g/mol. The molecule has 2 aliphatic rings. The molecule has 2 unspecified atom stereocenters. The van der Waals surface area contributed by atoms with E-state index in [9.17, 15) is 13.2 Å². The molecule has 0 aromatic rings. The molecular weight excluding hydrogens is 261 g/mol. The first kappa shape index (κ1) is 15.0. The van der Waals surface area contributed by atoms with Gasteiger partial charge < -0.3 is 15.2 Å². The van der Waals surface area contributed by atoms with Gasteiger partial charge in [-0.05, 0) is 13.0 Å². The molecule has 2 atom stereocenters. The van der Waals surface area contributed by atoms with Gasteiger partial charge in [-0.25, -0.2) is 0 Å². The van der Waals surface area contributed by atoms with Crippen molar-refractivity contribution in [1.82, 2.24) is 4.90 Å². The van der Waals surface area contributed by atoms with Crippen LogP contribution in [-0.4, -0.2) is 55.3 Å². The van der Waals surface area contributed by atoms with Crippen LogP contribution >= 0.6 is 0 Å². The van der Waals surface area contributed by atoms with Crippen LogP contribution in [0.5, 0.6) is 0 Å². The normalized spacial score (nSPS) is 31.3. The minimum Gasteiger partial charge on any atom is -0.347 e. The Kier molecular flexibility index (Phi) is 4.39. The average Bonchev–Trinajstić information content (AvgIpc) is 2.77. The van der Waals surface area contributed by atoms with E-state index in [1.54, 1.807) is 6.92 Å². The zero-order chi connectivity index (χ0) is 14.1. The maximum absolute atomic E-state index is 12.6. The summed E-state index contributed by atoms with van der Waals surface area (Å²) in [6.07, 6.45) is -2.51. The van der Waals surface area contributed by atoms with Crippen molar-refractivity contribution in [3.63, 3.8) is 0 Å². The molecule has 7 heteroatoms. The van der Waals surface area contributed by atoms with Crippen LogP contribution in [0.1, 0.15) is 26.2 Å². The maximum atomic E-state index is 12.6. The molecule has 1 saturated heterocycles. The molecule has 112 valence electrons. The summed E-state index contributed by atoms with van der Waals surface area (Å²) in [5.41, 5.74) is 6.01. The van der Waals surface area contributed by atoms with Crippen molar-refractivity contribution in [3.05, 3.63) is 0 Å². The van der Waals surface area contributed by atoms with E-state index in [1.165, 1.54) is 4.90 Å². The Hall–Kier alpha value is -0.370. The molecule has 1 saturated carbocycles. The lowest BCUT2D eigenvalue weighted by molar-refractivity contribution is -0.202. The third-order valence-corrected chi connectivity index (χ3v) is 3.94. The molecule has 19 heavy (non-hydrogen) atoms. The highest BCUT2D eigenvalue weighted by Gasteiger charge is 2.47. The molecule has 2 N–H and O–H groups in total. The number of hydrogen-bond donors (Lipinski definition) is 1. The highest BCUT2D eigenvalue weighted by Crippen LogP contribution is 2.37. The Morgan fingerprint density at radius 3 is 2.47 bits per heavy atom. The minimum absolute atomic E-state index is 0.263. The number of nitrogens with zero attached hydrogens (tertiary/aromatic N) is 1. The molecule has 1 aliphatic heterocycles. The standard InChI is InChI=1S/C12H21F3N2O2/c1-2-17(8-12(13,14)15)10-7-11(4-3-9(10)16)18-5-6-19-11/h9-10H,2-8,16H2,1H3. The predicted octanol–water partition coefficient (Wildman–Crippen LogP) is 1.49. The summed E-state index contributed by atoms with van der Waals surface area (Å²) < 4.78 is 49.0. The predicted molar refractivity (Wildman–Crippen MR) is 63.6 cm³/mol. The molecule has 0 bridgehead atoms. The van der Waals surface area contributed by atoms with Crippen molar-refractivity contribution in [1.29, 1.82) is 0 Å². The van der Waals surface area contributed by atoms with Gasteiger partial charge >= 0.3 is 6.18 Å². The van der Waals surface area contributed by atoms with Crippen LogP contribution in [0, 0.1) is 0 Å². The van der Waals surface area contributed by atoms with Crippen molar-refractivity contribution >= 4 is 0 Å². The Morgan fingerprint density at radius 1 is 1.32 bits per heavy atom. The zero-order valence-electron chi connectivity index (χ0n) is 11.1. The van der Waals surface area contributed by atoms with Gasteiger partial charge in [0.1, 0.15) is 0 Å². The van der Waals surface area contributed by atoms with Crippen LogP contribution in [0.2, 0.25) is 0 Å². The number of nitrogens with two attached hydrogens (primary N) is 1. The zero-order valence-corrected chi connectivity index (χ0v) is 11.1. The summed E-state index contributed by atoms with van der Waals surface area (Å²) in [6.45, 7) is 2.11. The van der Waals surface area contributed by atoms with Gasteiger partial charge in [0.05, 0.1) is 19.8 Å². The Balaban J connectivity index is 2.06. The van der Waals surface area contributed by atoms with Gasteiger partial charge in [0.25, 0.3) is 0 Å². The van der Waals surface area contributed by atoms with Gasteiger partial charge in [-0.15, -0.1) is 0 Å². The highest BCUT2D eigenvalue weighted by molar-refractivity contribution is 4.95. The molecule has 1 spiro atoms. The summed E-state index contributed by atoms with van der Waals surface area (Å²) in [5, 5.41) is 0. The molecule has 2 fully saturated rings. The van der Waals surface area contributed by atoms with Crippen LogP contribution in [0.25, 0.3) is 0 Å². The first-order valence-corrected chi connectivity index (χ1v) is 6.69. The lowest BCUT2D eigenvalue weighted by Crippen LogP contribution is -2.57. The smallest absolute Gasteiger partial charge is 0.347 e. The molecule has 2 rings (SSSR count). The number of rotatable bonds is 3. The Morgan fingerprint density at radius 2 is 1.95 bits per heavy atom. The van der Waals surface area contributed by atoms with E-state index in [-0.39, 0.29) is 12.1 Å². The fraction of sp³-hybridized carbons (Fsp3) is 1.00. The van der Waals surface area contributed by atoms with Crippen molar-refractivity contribution in [2.45, 2.75) is 50.2 Å². The fourth-order valence-electron chi connectivity index (χ4n) is 3.00. The van der Waals surface area contributed by atoms with Gasteiger partial charge in [0.15, 0.2) is 5.79 Å². The second-order valence-electron chi connectivity index (χ2n) is 5.26. The van der Waals surface area contributed by atoms with Gasteiger partial charge in [-0.1, -0.05) is 6.92 Å². The summed E-state index contributed by atoms with van der Waals surface area (Å²) >= 11 is 0. The molecule has 1 heterocycles. The molecule has 0 aromatic carbocycles. The molecule has 4 nitrogen and oxygen atoms in total. The van der Waals surface area contributed by atoms with Crippen LogP contribution in [-0.2, 0) is 9.47 Å². The minimum atomic E-state index is -4.21. The third kappa shape index (κ3) is 3.59. The number of halogens is 3. The van der Waals surface area contributed by atoms with Crippen molar-refractivity contribution < 1.29 is 22.6 Å². The van der Waals surface area contributed by atoms with E-state index < -0.39 is 18.5 Å². The first-order chi connectivity index (χ1) is 8.85. The SMILES string of the molecule is CCN(CC(F)(F)F)C1CC2(CCC1N)OCCO2. The molecule has 0 radical (unpaired) electrons. The summed E-state index contributed by atoms with van der Waals surface area (Å²) in [5.74, 6) is -0.709. The summed E-state index contributed by atoms with van der Waals surface area (Å²) in [4.78, 5) is 1.39. The number of hydrogen-bond acceptors (Lipinski definition) is 4. The Bertz CT molecular complexity index is 306.